The van der Waals surface area contributed by atoms with Crippen LogP contribution in [0.5, 0.6) is 0 Å². The van der Waals surface area contributed by atoms with Gasteiger partial charge in [-0.25, -0.2) is 0 Å². The van der Waals surface area contributed by atoms with Crippen molar-refractivity contribution in [3.8, 4) is 11.5 Å². The lowest BCUT2D eigenvalue weighted by Crippen LogP contribution is -2.27. The zero-order valence-corrected chi connectivity index (χ0v) is 11.0. The van der Waals surface area contributed by atoms with E-state index in [0.29, 0.717) is 17.4 Å². The van der Waals surface area contributed by atoms with Crippen LogP contribution in [-0.4, -0.2) is 26.2 Å². The van der Waals surface area contributed by atoms with Crippen molar-refractivity contribution < 1.29 is 9.32 Å². The van der Waals surface area contributed by atoms with Crippen molar-refractivity contribution in [3.63, 3.8) is 0 Å². The smallest absolute Gasteiger partial charge is 0.246 e. The molecule has 2 rings (SSSR count). The minimum absolute atomic E-state index is 0.0603. The van der Waals surface area contributed by atoms with E-state index in [1.165, 1.54) is 0 Å². The summed E-state index contributed by atoms with van der Waals surface area (Å²) in [5, 5.41) is 14.4. The second-order valence-electron chi connectivity index (χ2n) is 4.44. The predicted octanol–water partition coefficient (Wildman–Crippen LogP) is 1.11. The Hall–Kier alpha value is -2.31. The summed E-state index contributed by atoms with van der Waals surface area (Å²) in [5.74, 6) is 0.563. The van der Waals surface area contributed by atoms with Crippen LogP contribution in [0.2, 0.25) is 0 Å². The lowest BCUT2D eigenvalue weighted by atomic mass is 10.2. The first-order valence-electron chi connectivity index (χ1n) is 5.97. The number of amides is 1. The topological polar surface area (TPSA) is 93.8 Å². The molecule has 0 atom stereocenters. The maximum absolute atomic E-state index is 11.4. The molecular formula is C12H15N5O2. The third kappa shape index (κ3) is 3.34. The van der Waals surface area contributed by atoms with Gasteiger partial charge in [-0.1, -0.05) is 19.0 Å². The Morgan fingerprint density at radius 2 is 2.16 bits per heavy atom. The molecule has 0 bridgehead atoms. The molecule has 7 heteroatoms. The highest BCUT2D eigenvalue weighted by molar-refractivity contribution is 5.77. The van der Waals surface area contributed by atoms with E-state index >= 15 is 0 Å². The number of hydrogen-bond acceptors (Lipinski definition) is 6. The van der Waals surface area contributed by atoms with Crippen LogP contribution in [0.4, 0.5) is 0 Å². The molecular weight excluding hydrogens is 246 g/mol. The summed E-state index contributed by atoms with van der Waals surface area (Å²) in [5.41, 5.74) is 1.35. The summed E-state index contributed by atoms with van der Waals surface area (Å²) < 4.78 is 5.04. The van der Waals surface area contributed by atoms with Crippen molar-refractivity contribution in [2.45, 2.75) is 27.3 Å². The molecule has 0 aliphatic rings. The molecule has 2 aromatic rings. The third-order valence-corrected chi connectivity index (χ3v) is 2.43. The van der Waals surface area contributed by atoms with Gasteiger partial charge in [0.2, 0.25) is 17.6 Å². The van der Waals surface area contributed by atoms with Crippen molar-refractivity contribution in [3.05, 3.63) is 23.7 Å². The minimum Gasteiger partial charge on any atom is -0.347 e. The summed E-state index contributed by atoms with van der Waals surface area (Å²) in [4.78, 5) is 15.6. The van der Waals surface area contributed by atoms with Gasteiger partial charge in [0.1, 0.15) is 5.69 Å². The van der Waals surface area contributed by atoms with Crippen LogP contribution in [0.25, 0.3) is 11.5 Å². The van der Waals surface area contributed by atoms with Gasteiger partial charge in [0, 0.05) is 5.92 Å². The number of carbonyl (C=O) groups is 1. The number of aromatic nitrogens is 4. The van der Waals surface area contributed by atoms with Gasteiger partial charge in [-0.05, 0) is 19.1 Å². The van der Waals surface area contributed by atoms with Crippen LogP contribution in [0.15, 0.2) is 16.7 Å². The predicted molar refractivity (Wildman–Crippen MR) is 66.7 cm³/mol. The van der Waals surface area contributed by atoms with E-state index in [1.54, 1.807) is 6.07 Å². The molecule has 100 valence electrons. The van der Waals surface area contributed by atoms with E-state index in [4.69, 9.17) is 4.52 Å². The van der Waals surface area contributed by atoms with Crippen molar-refractivity contribution >= 4 is 5.91 Å². The van der Waals surface area contributed by atoms with Gasteiger partial charge in [-0.15, -0.1) is 5.10 Å². The number of aryl methyl sites for hydroxylation is 1. The van der Waals surface area contributed by atoms with Crippen LogP contribution >= 0.6 is 0 Å². The normalized spacial score (nSPS) is 10.7. The highest BCUT2D eigenvalue weighted by Gasteiger charge is 2.12. The molecule has 2 aromatic heterocycles. The summed E-state index contributed by atoms with van der Waals surface area (Å²) in [6.07, 6.45) is 0. The van der Waals surface area contributed by atoms with Gasteiger partial charge in [0.25, 0.3) is 0 Å². The number of hydrogen-bond donors (Lipinski definition) is 1. The molecule has 0 spiro atoms. The Labute approximate surface area is 110 Å². The molecule has 0 saturated heterocycles. The standard InChI is InChI=1S/C12H15N5O2/c1-7(2)12(18)13-6-10-14-11(17-19-10)9-5-4-8(3)15-16-9/h4-5,7H,6H2,1-3H3,(H,13,18). The lowest BCUT2D eigenvalue weighted by molar-refractivity contribution is -0.124. The molecule has 0 radical (unpaired) electrons. The second kappa shape index (κ2) is 5.55. The first-order chi connectivity index (χ1) is 9.06. The second-order valence-corrected chi connectivity index (χ2v) is 4.44. The van der Waals surface area contributed by atoms with Gasteiger partial charge in [-0.2, -0.15) is 10.1 Å². The van der Waals surface area contributed by atoms with Gasteiger partial charge in [0.05, 0.1) is 12.2 Å². The van der Waals surface area contributed by atoms with Crippen LogP contribution in [0.1, 0.15) is 25.4 Å². The van der Waals surface area contributed by atoms with Crippen LogP contribution in [0.3, 0.4) is 0 Å². The summed E-state index contributed by atoms with van der Waals surface area (Å²) in [6, 6.07) is 3.59. The third-order valence-electron chi connectivity index (χ3n) is 2.43. The Morgan fingerprint density at radius 1 is 1.37 bits per heavy atom. The fourth-order valence-corrected chi connectivity index (χ4v) is 1.32. The maximum atomic E-state index is 11.4. The monoisotopic (exact) mass is 261 g/mol. The van der Waals surface area contributed by atoms with E-state index < -0.39 is 0 Å². The van der Waals surface area contributed by atoms with Gasteiger partial charge in [-0.3, -0.25) is 4.79 Å². The zero-order chi connectivity index (χ0) is 13.8. The molecule has 0 aliphatic carbocycles. The molecule has 0 fully saturated rings. The molecule has 7 nitrogen and oxygen atoms in total. The summed E-state index contributed by atoms with van der Waals surface area (Å²) in [7, 11) is 0. The summed E-state index contributed by atoms with van der Waals surface area (Å²) >= 11 is 0. The molecule has 1 N–H and O–H groups in total. The zero-order valence-electron chi connectivity index (χ0n) is 11.0. The summed E-state index contributed by atoms with van der Waals surface area (Å²) in [6.45, 7) is 5.69. The van der Waals surface area contributed by atoms with E-state index in [2.05, 4.69) is 25.7 Å². The molecule has 0 aliphatic heterocycles. The fraction of sp³-hybridized carbons (Fsp3) is 0.417. The maximum Gasteiger partial charge on any atom is 0.246 e. The van der Waals surface area contributed by atoms with Crippen LogP contribution in [0, 0.1) is 12.8 Å². The highest BCUT2D eigenvalue weighted by Crippen LogP contribution is 2.11. The average molecular weight is 261 g/mol. The SMILES string of the molecule is Cc1ccc(-c2noc(CNC(=O)C(C)C)n2)nn1. The van der Waals surface area contributed by atoms with Crippen molar-refractivity contribution in [1.29, 1.82) is 0 Å². The lowest BCUT2D eigenvalue weighted by Gasteiger charge is -2.03. The quantitative estimate of drug-likeness (QED) is 0.885. The number of nitrogens with one attached hydrogen (secondary N) is 1. The molecule has 1 amide bonds. The van der Waals surface area contributed by atoms with Crippen LogP contribution in [-0.2, 0) is 11.3 Å². The number of carbonyl (C=O) groups excluding carboxylic acids is 1. The number of rotatable bonds is 4. The molecule has 0 aromatic carbocycles. The van der Waals surface area contributed by atoms with Gasteiger partial charge >= 0.3 is 0 Å². The Bertz CT molecular complexity index is 562. The van der Waals surface area contributed by atoms with E-state index in [-0.39, 0.29) is 18.4 Å². The molecule has 0 unspecified atom stereocenters. The first kappa shape index (κ1) is 13.1. The van der Waals surface area contributed by atoms with Crippen molar-refractivity contribution in [2.75, 3.05) is 0 Å². The largest absolute Gasteiger partial charge is 0.347 e. The van der Waals surface area contributed by atoms with Crippen LogP contribution < -0.4 is 5.32 Å². The Balaban J connectivity index is 2.03. The molecule has 19 heavy (non-hydrogen) atoms. The molecule has 2 heterocycles. The average Bonchev–Trinajstić information content (AvgIpc) is 2.85. The van der Waals surface area contributed by atoms with Gasteiger partial charge in [0.15, 0.2) is 0 Å². The van der Waals surface area contributed by atoms with Crippen molar-refractivity contribution in [1.82, 2.24) is 25.7 Å². The Morgan fingerprint density at radius 3 is 2.79 bits per heavy atom. The van der Waals surface area contributed by atoms with Gasteiger partial charge < -0.3 is 9.84 Å². The van der Waals surface area contributed by atoms with E-state index in [9.17, 15) is 4.79 Å². The minimum atomic E-state index is -0.0784. The fourth-order valence-electron chi connectivity index (χ4n) is 1.32. The van der Waals surface area contributed by atoms with E-state index in [0.717, 1.165) is 5.69 Å². The van der Waals surface area contributed by atoms with Crippen molar-refractivity contribution in [2.24, 2.45) is 5.92 Å². The number of nitrogens with zero attached hydrogens (tertiary/aromatic N) is 4. The highest BCUT2D eigenvalue weighted by atomic mass is 16.5. The first-order valence-corrected chi connectivity index (χ1v) is 5.97. The molecule has 0 saturated carbocycles. The van der Waals surface area contributed by atoms with E-state index in [1.807, 2.05) is 26.8 Å². The Kier molecular flexibility index (Phi) is 3.84.